The number of pyridine rings is 2. The molecule has 0 aliphatic carbocycles. The van der Waals surface area contributed by atoms with Crippen LogP contribution in [0.4, 0.5) is 4.39 Å². The third kappa shape index (κ3) is 5.95. The van der Waals surface area contributed by atoms with Gasteiger partial charge in [0.05, 0.1) is 6.61 Å². The van der Waals surface area contributed by atoms with Gasteiger partial charge in [0.2, 0.25) is 0 Å². The van der Waals surface area contributed by atoms with Crippen molar-refractivity contribution >= 4 is 22.7 Å². The highest BCUT2D eigenvalue weighted by Gasteiger charge is 2.24. The van der Waals surface area contributed by atoms with Crippen LogP contribution in [0.25, 0.3) is 10.9 Å². The maximum atomic E-state index is 13.3. The largest absolute Gasteiger partial charge is 0.504 e. The number of rotatable bonds is 9. The molecule has 1 aromatic carbocycles. The molecule has 190 valence electrons. The van der Waals surface area contributed by atoms with E-state index in [-0.39, 0.29) is 29.3 Å². The number of aromatic nitrogens is 2. The van der Waals surface area contributed by atoms with Gasteiger partial charge in [-0.15, -0.1) is 0 Å². The van der Waals surface area contributed by atoms with E-state index in [2.05, 4.69) is 25.5 Å². The van der Waals surface area contributed by atoms with E-state index in [0.717, 1.165) is 37.1 Å². The lowest BCUT2D eigenvalue weighted by molar-refractivity contribution is 0.0914. The van der Waals surface area contributed by atoms with Crippen LogP contribution in [0.1, 0.15) is 51.9 Å². The minimum Gasteiger partial charge on any atom is -0.504 e. The zero-order chi connectivity index (χ0) is 25.7. The van der Waals surface area contributed by atoms with Crippen molar-refractivity contribution in [1.82, 2.24) is 25.5 Å². The van der Waals surface area contributed by atoms with Crippen LogP contribution in [0.3, 0.4) is 0 Å². The summed E-state index contributed by atoms with van der Waals surface area (Å²) in [5.41, 5.74) is 1.28. The van der Waals surface area contributed by atoms with Crippen molar-refractivity contribution in [2.75, 3.05) is 32.8 Å². The van der Waals surface area contributed by atoms with E-state index >= 15 is 0 Å². The molecular formula is C26H30FN5O4. The first-order valence-electron chi connectivity index (χ1n) is 12.0. The van der Waals surface area contributed by atoms with Crippen molar-refractivity contribution in [2.24, 2.45) is 0 Å². The molecule has 3 aromatic rings. The quantitative estimate of drug-likeness (QED) is 0.358. The number of fused-ring (bicyclic) bond motifs is 1. The predicted molar refractivity (Wildman–Crippen MR) is 132 cm³/mol. The van der Waals surface area contributed by atoms with Gasteiger partial charge in [-0.2, -0.15) is 0 Å². The average molecular weight is 496 g/mol. The van der Waals surface area contributed by atoms with Crippen molar-refractivity contribution in [3.8, 4) is 5.75 Å². The molecule has 1 aliphatic rings. The average Bonchev–Trinajstić information content (AvgIpc) is 3.39. The fourth-order valence-corrected chi connectivity index (χ4v) is 4.24. The summed E-state index contributed by atoms with van der Waals surface area (Å²) in [5, 5.41) is 25.8. The molecule has 3 heterocycles. The summed E-state index contributed by atoms with van der Waals surface area (Å²) in [4.78, 5) is 36.8. The van der Waals surface area contributed by atoms with Gasteiger partial charge in [-0.1, -0.05) is 12.1 Å². The second kappa shape index (κ2) is 11.4. The van der Waals surface area contributed by atoms with Crippen molar-refractivity contribution in [1.29, 1.82) is 0 Å². The van der Waals surface area contributed by atoms with Crippen LogP contribution in [0.2, 0.25) is 0 Å². The summed E-state index contributed by atoms with van der Waals surface area (Å²) >= 11 is 0. The Morgan fingerprint density at radius 2 is 1.83 bits per heavy atom. The van der Waals surface area contributed by atoms with E-state index in [1.54, 1.807) is 31.3 Å². The van der Waals surface area contributed by atoms with Crippen LogP contribution < -0.4 is 10.6 Å². The SMILES string of the molecule is CC(CO)NC(=O)c1nc(C(=O)NCCN2CCCC2)c2cc(Cc3ccc(F)cc3)cnc2c1O. The number of carbonyl (C=O) groups excluding carboxylic acids is 2. The van der Waals surface area contributed by atoms with Gasteiger partial charge in [0.1, 0.15) is 17.0 Å². The van der Waals surface area contributed by atoms with Gasteiger partial charge in [0, 0.05) is 30.7 Å². The number of aliphatic hydroxyl groups excluding tert-OH is 1. The van der Waals surface area contributed by atoms with E-state index < -0.39 is 23.6 Å². The zero-order valence-corrected chi connectivity index (χ0v) is 20.1. The Morgan fingerprint density at radius 1 is 1.11 bits per heavy atom. The molecule has 2 amide bonds. The molecule has 9 nitrogen and oxygen atoms in total. The number of nitrogens with zero attached hydrogens (tertiary/aromatic N) is 3. The number of nitrogens with one attached hydrogen (secondary N) is 2. The Morgan fingerprint density at radius 3 is 2.53 bits per heavy atom. The first-order chi connectivity index (χ1) is 17.4. The topological polar surface area (TPSA) is 128 Å². The fraction of sp³-hybridized carbons (Fsp3) is 0.385. The number of halogens is 1. The molecule has 1 atom stereocenters. The smallest absolute Gasteiger partial charge is 0.274 e. The van der Waals surface area contributed by atoms with Gasteiger partial charge in [-0.25, -0.2) is 9.37 Å². The van der Waals surface area contributed by atoms with Crippen LogP contribution in [0.5, 0.6) is 5.75 Å². The second-order valence-corrected chi connectivity index (χ2v) is 9.06. The minimum absolute atomic E-state index is 0.0283. The summed E-state index contributed by atoms with van der Waals surface area (Å²) in [6.45, 7) is 4.42. The summed E-state index contributed by atoms with van der Waals surface area (Å²) in [6, 6.07) is 7.20. The number of carbonyl (C=O) groups is 2. The summed E-state index contributed by atoms with van der Waals surface area (Å²) in [5.74, 6) is -1.99. The van der Waals surface area contributed by atoms with Gasteiger partial charge in [0.15, 0.2) is 11.4 Å². The maximum Gasteiger partial charge on any atom is 0.274 e. The van der Waals surface area contributed by atoms with Crippen LogP contribution in [-0.4, -0.2) is 75.7 Å². The van der Waals surface area contributed by atoms with E-state index in [1.165, 1.54) is 12.1 Å². The lowest BCUT2D eigenvalue weighted by atomic mass is 10.0. The minimum atomic E-state index is -0.723. The highest BCUT2D eigenvalue weighted by Crippen LogP contribution is 2.29. The molecule has 4 N–H and O–H groups in total. The molecule has 0 bridgehead atoms. The van der Waals surface area contributed by atoms with Crippen molar-refractivity contribution in [3.05, 3.63) is 64.9 Å². The van der Waals surface area contributed by atoms with E-state index in [9.17, 15) is 24.2 Å². The molecule has 1 fully saturated rings. The van der Waals surface area contributed by atoms with Gasteiger partial charge in [0.25, 0.3) is 11.8 Å². The van der Waals surface area contributed by atoms with E-state index in [1.807, 2.05) is 0 Å². The maximum absolute atomic E-state index is 13.3. The Kier molecular flexibility index (Phi) is 8.07. The van der Waals surface area contributed by atoms with Crippen LogP contribution in [0.15, 0.2) is 36.5 Å². The highest BCUT2D eigenvalue weighted by molar-refractivity contribution is 6.09. The van der Waals surface area contributed by atoms with Gasteiger partial charge < -0.3 is 25.7 Å². The summed E-state index contributed by atoms with van der Waals surface area (Å²) in [7, 11) is 0. The molecule has 0 spiro atoms. The van der Waals surface area contributed by atoms with Crippen molar-refractivity contribution in [2.45, 2.75) is 32.2 Å². The lowest BCUT2D eigenvalue weighted by Gasteiger charge is -2.16. The van der Waals surface area contributed by atoms with Gasteiger partial charge in [-0.05, 0) is 68.6 Å². The third-order valence-corrected chi connectivity index (χ3v) is 6.19. The molecule has 4 rings (SSSR count). The summed E-state index contributed by atoms with van der Waals surface area (Å²) < 4.78 is 13.3. The van der Waals surface area contributed by atoms with Crippen LogP contribution >= 0.6 is 0 Å². The number of likely N-dealkylation sites (tertiary alicyclic amines) is 1. The van der Waals surface area contributed by atoms with Crippen LogP contribution in [-0.2, 0) is 6.42 Å². The molecule has 1 saturated heterocycles. The van der Waals surface area contributed by atoms with Gasteiger partial charge >= 0.3 is 0 Å². The molecule has 0 radical (unpaired) electrons. The van der Waals surface area contributed by atoms with Crippen molar-refractivity contribution < 1.29 is 24.2 Å². The summed E-state index contributed by atoms with van der Waals surface area (Å²) in [6.07, 6.45) is 4.26. The normalized spacial score (nSPS) is 14.6. The number of hydrogen-bond acceptors (Lipinski definition) is 7. The molecule has 1 unspecified atom stereocenters. The molecular weight excluding hydrogens is 465 g/mol. The third-order valence-electron chi connectivity index (χ3n) is 6.19. The van der Waals surface area contributed by atoms with Gasteiger partial charge in [-0.3, -0.25) is 14.6 Å². The number of amides is 2. The molecule has 1 aliphatic heterocycles. The molecule has 0 saturated carbocycles. The molecule has 36 heavy (non-hydrogen) atoms. The van der Waals surface area contributed by atoms with E-state index in [0.29, 0.717) is 24.9 Å². The standard InChI is InChI=1S/C26H30FN5O4/c1-16(15-33)30-26(36)23-24(34)21-20(13-18(14-29-21)12-17-4-6-19(27)7-5-17)22(31-23)25(35)28-8-11-32-9-2-3-10-32/h4-7,13-14,16,33-34H,2-3,8-12,15H2,1H3,(H,28,35)(H,30,36). The first kappa shape index (κ1) is 25.5. The number of aliphatic hydroxyl groups is 1. The fourth-order valence-electron chi connectivity index (χ4n) is 4.24. The monoisotopic (exact) mass is 495 g/mol. The van der Waals surface area contributed by atoms with Crippen molar-refractivity contribution in [3.63, 3.8) is 0 Å². The number of benzene rings is 1. The number of aromatic hydroxyl groups is 1. The molecule has 10 heteroatoms. The predicted octanol–water partition coefficient (Wildman–Crippen LogP) is 2.00. The van der Waals surface area contributed by atoms with E-state index in [4.69, 9.17) is 0 Å². The number of hydrogen-bond donors (Lipinski definition) is 4. The lowest BCUT2D eigenvalue weighted by Crippen LogP contribution is -2.36. The zero-order valence-electron chi connectivity index (χ0n) is 20.1. The Bertz CT molecular complexity index is 1250. The first-order valence-corrected chi connectivity index (χ1v) is 12.0. The second-order valence-electron chi connectivity index (χ2n) is 9.06. The Balaban J connectivity index is 1.68. The highest BCUT2D eigenvalue weighted by atomic mass is 19.1. The Labute approximate surface area is 208 Å². The molecule has 2 aromatic heterocycles. The van der Waals surface area contributed by atoms with Crippen LogP contribution in [0, 0.1) is 5.82 Å². The Hall–Kier alpha value is -3.63.